The summed E-state index contributed by atoms with van der Waals surface area (Å²) in [5, 5.41) is 18.6. The van der Waals surface area contributed by atoms with Crippen molar-refractivity contribution < 1.29 is 23.9 Å². The number of carbonyl (C=O) groups is 4. The number of imide groups is 1. The average molecular weight is 806 g/mol. The molecule has 0 aliphatic carbocycles. The van der Waals surface area contributed by atoms with Gasteiger partial charge in [0.05, 0.1) is 27.8 Å². The number of benzene rings is 3. The predicted octanol–water partition coefficient (Wildman–Crippen LogP) is 5.41. The SMILES string of the molecule is C[C@@H]1CN(CCOc2ccc(N3C(=S)N(c4ccc(C#N)c(Cl)c4)C(=O)C3(C)C)cc2Cl)C[C@H](C)N1CC(=O)Nc1cccc(NC2CCC(=O)NC2=O)c1. The van der Waals surface area contributed by atoms with Gasteiger partial charge in [-0.3, -0.25) is 39.2 Å². The summed E-state index contributed by atoms with van der Waals surface area (Å²) in [5.41, 5.74) is 1.66. The van der Waals surface area contributed by atoms with Crippen LogP contribution < -0.4 is 30.5 Å². The first-order chi connectivity index (χ1) is 26.2. The topological polar surface area (TPSA) is 150 Å². The fraction of sp³-hybridized carbons (Fsp3) is 0.385. The molecule has 3 aromatic carbocycles. The second-order valence-corrected chi connectivity index (χ2v) is 15.6. The van der Waals surface area contributed by atoms with Crippen LogP contribution in [0, 0.1) is 11.3 Å². The molecule has 3 atom stereocenters. The van der Waals surface area contributed by atoms with Gasteiger partial charge in [0.2, 0.25) is 17.7 Å². The van der Waals surface area contributed by atoms with Crippen molar-refractivity contribution in [2.45, 2.75) is 64.2 Å². The zero-order valence-electron chi connectivity index (χ0n) is 30.9. The maximum atomic E-state index is 13.6. The Kier molecular flexibility index (Phi) is 12.0. The van der Waals surface area contributed by atoms with Crippen molar-refractivity contribution in [1.29, 1.82) is 5.26 Å². The number of carbonyl (C=O) groups excluding carboxylic acids is 4. The minimum absolute atomic E-state index is 0.105. The normalized spacial score (nSPS) is 21.7. The van der Waals surface area contributed by atoms with E-state index in [4.69, 9.17) is 40.2 Å². The van der Waals surface area contributed by atoms with Crippen molar-refractivity contribution in [2.75, 3.05) is 53.2 Å². The van der Waals surface area contributed by atoms with E-state index >= 15 is 0 Å². The van der Waals surface area contributed by atoms with E-state index in [-0.39, 0.29) is 58.8 Å². The number of thiocarbonyl (C=S) groups is 1. The summed E-state index contributed by atoms with van der Waals surface area (Å²) in [6.07, 6.45) is 0.685. The zero-order valence-corrected chi connectivity index (χ0v) is 33.2. The molecule has 0 saturated carbocycles. The lowest BCUT2D eigenvalue weighted by atomic mass is 10.0. The Morgan fingerprint density at radius 2 is 1.69 bits per heavy atom. The second-order valence-electron chi connectivity index (χ2n) is 14.5. The molecule has 55 heavy (non-hydrogen) atoms. The molecule has 13 nitrogen and oxygen atoms in total. The van der Waals surface area contributed by atoms with Gasteiger partial charge in [-0.05, 0) is 101 Å². The summed E-state index contributed by atoms with van der Waals surface area (Å²) < 4.78 is 6.12. The number of anilines is 4. The van der Waals surface area contributed by atoms with Gasteiger partial charge in [0, 0.05) is 55.2 Å². The van der Waals surface area contributed by atoms with Crippen LogP contribution in [0.1, 0.15) is 46.1 Å². The van der Waals surface area contributed by atoms with Crippen LogP contribution in [0.5, 0.6) is 5.75 Å². The number of halogens is 2. The molecule has 4 amide bonds. The van der Waals surface area contributed by atoms with E-state index in [9.17, 15) is 24.4 Å². The van der Waals surface area contributed by atoms with Crippen LogP contribution in [0.25, 0.3) is 0 Å². The van der Waals surface area contributed by atoms with E-state index in [2.05, 4.69) is 39.6 Å². The number of ether oxygens (including phenoxy) is 1. The number of piperidine rings is 1. The molecule has 288 valence electrons. The number of amides is 4. The number of piperazine rings is 1. The second kappa shape index (κ2) is 16.5. The highest BCUT2D eigenvalue weighted by atomic mass is 35.5. The molecular weight excluding hydrogens is 763 g/mol. The number of hydrogen-bond donors (Lipinski definition) is 3. The van der Waals surface area contributed by atoms with E-state index in [1.165, 1.54) is 4.90 Å². The van der Waals surface area contributed by atoms with E-state index in [1.807, 2.05) is 18.2 Å². The summed E-state index contributed by atoms with van der Waals surface area (Å²) in [6, 6.07) is 19.0. The van der Waals surface area contributed by atoms with Gasteiger partial charge in [-0.1, -0.05) is 29.3 Å². The molecule has 1 unspecified atom stereocenters. The first-order valence-electron chi connectivity index (χ1n) is 17.9. The lowest BCUT2D eigenvalue weighted by Gasteiger charge is -2.44. The molecule has 3 aliphatic heterocycles. The van der Waals surface area contributed by atoms with Gasteiger partial charge in [0.1, 0.15) is 30.0 Å². The minimum atomic E-state index is -1.03. The Hall–Kier alpha value is -4.78. The largest absolute Gasteiger partial charge is 0.491 e. The van der Waals surface area contributed by atoms with Gasteiger partial charge >= 0.3 is 0 Å². The van der Waals surface area contributed by atoms with Gasteiger partial charge in [-0.2, -0.15) is 5.26 Å². The van der Waals surface area contributed by atoms with Crippen LogP contribution in [0.2, 0.25) is 10.0 Å². The molecule has 3 aromatic rings. The van der Waals surface area contributed by atoms with Crippen molar-refractivity contribution >= 4 is 86.9 Å². The maximum absolute atomic E-state index is 13.6. The van der Waals surface area contributed by atoms with E-state index in [1.54, 1.807) is 67.3 Å². The Morgan fingerprint density at radius 1 is 1.00 bits per heavy atom. The van der Waals surface area contributed by atoms with Crippen LogP contribution in [-0.2, 0) is 19.2 Å². The Labute approximate surface area is 335 Å². The molecular formula is C39H42Cl2N8O5S. The fourth-order valence-corrected chi connectivity index (χ4v) is 8.23. The number of nitriles is 1. The molecule has 16 heteroatoms. The lowest BCUT2D eigenvalue weighted by molar-refractivity contribution is -0.133. The van der Waals surface area contributed by atoms with Crippen molar-refractivity contribution in [2.24, 2.45) is 0 Å². The fourth-order valence-electron chi connectivity index (χ4n) is 7.27. The molecule has 0 bridgehead atoms. The Bertz CT molecular complexity index is 2060. The summed E-state index contributed by atoms with van der Waals surface area (Å²) in [6.45, 7) is 10.5. The number of rotatable bonds is 11. The summed E-state index contributed by atoms with van der Waals surface area (Å²) in [4.78, 5) is 58.0. The number of nitrogens with zero attached hydrogens (tertiary/aromatic N) is 5. The van der Waals surface area contributed by atoms with Crippen molar-refractivity contribution in [3.8, 4) is 11.8 Å². The summed E-state index contributed by atoms with van der Waals surface area (Å²) in [5.74, 6) is -0.509. The molecule has 3 N–H and O–H groups in total. The molecule has 0 aromatic heterocycles. The highest BCUT2D eigenvalue weighted by Crippen LogP contribution is 2.40. The van der Waals surface area contributed by atoms with Crippen molar-refractivity contribution in [1.82, 2.24) is 15.1 Å². The van der Waals surface area contributed by atoms with Crippen molar-refractivity contribution in [3.05, 3.63) is 76.3 Å². The Balaban J connectivity index is 0.995. The van der Waals surface area contributed by atoms with Gasteiger partial charge in [-0.15, -0.1) is 0 Å². The van der Waals surface area contributed by atoms with Gasteiger partial charge in [-0.25, -0.2) is 0 Å². The maximum Gasteiger partial charge on any atom is 0.259 e. The predicted molar refractivity (Wildman–Crippen MR) is 217 cm³/mol. The van der Waals surface area contributed by atoms with E-state index in [0.29, 0.717) is 58.7 Å². The molecule has 6 rings (SSSR count). The summed E-state index contributed by atoms with van der Waals surface area (Å²) >= 11 is 18.8. The van der Waals surface area contributed by atoms with Crippen LogP contribution in [0.3, 0.4) is 0 Å². The summed E-state index contributed by atoms with van der Waals surface area (Å²) in [7, 11) is 0. The average Bonchev–Trinajstić information content (AvgIpc) is 3.30. The Morgan fingerprint density at radius 3 is 2.36 bits per heavy atom. The van der Waals surface area contributed by atoms with Crippen LogP contribution in [0.15, 0.2) is 60.7 Å². The molecule has 3 fully saturated rings. The van der Waals surface area contributed by atoms with Crippen LogP contribution >= 0.6 is 35.4 Å². The van der Waals surface area contributed by atoms with Crippen LogP contribution in [0.4, 0.5) is 22.7 Å². The quantitative estimate of drug-likeness (QED) is 0.169. The highest BCUT2D eigenvalue weighted by molar-refractivity contribution is 7.81. The molecule has 3 aliphatic rings. The minimum Gasteiger partial charge on any atom is -0.491 e. The first-order valence-corrected chi connectivity index (χ1v) is 19.1. The standard InChI is InChI=1S/C39H42Cl2N8O5S/c1-23-20-46(21-24(2)47(23)22-35(51)44-27-7-5-6-26(16-27)43-32-11-13-34(50)45-36(32)52)14-15-54-33-12-10-29(18-31(33)41)49-38(55)48(37(53)39(49,3)4)28-9-8-25(19-42)30(40)17-28/h5-10,12,16-18,23-24,32,43H,11,13-15,20-22H2,1-4H3,(H,44,51)(H,45,50,52)/t23-,24+,32?. The monoisotopic (exact) mass is 804 g/mol. The highest BCUT2D eigenvalue weighted by Gasteiger charge is 2.50. The smallest absolute Gasteiger partial charge is 0.259 e. The van der Waals surface area contributed by atoms with Gasteiger partial charge in [0.15, 0.2) is 5.11 Å². The lowest BCUT2D eigenvalue weighted by Crippen LogP contribution is -2.58. The molecule has 0 spiro atoms. The van der Waals surface area contributed by atoms with Crippen LogP contribution in [-0.4, -0.2) is 95.0 Å². The van der Waals surface area contributed by atoms with Gasteiger partial charge in [0.25, 0.3) is 5.91 Å². The zero-order chi connectivity index (χ0) is 39.6. The number of nitrogens with one attached hydrogen (secondary N) is 3. The van der Waals surface area contributed by atoms with E-state index < -0.39 is 11.6 Å². The molecule has 3 saturated heterocycles. The third-order valence-corrected chi connectivity index (χ3v) is 11.0. The van der Waals surface area contributed by atoms with E-state index in [0.717, 1.165) is 13.1 Å². The van der Waals surface area contributed by atoms with Crippen molar-refractivity contribution in [3.63, 3.8) is 0 Å². The van der Waals surface area contributed by atoms with Gasteiger partial charge < -0.3 is 20.3 Å². The molecule has 3 heterocycles. The number of hydrogen-bond acceptors (Lipinski definition) is 10. The third-order valence-electron chi connectivity index (χ3n) is 10.1. The first kappa shape index (κ1) is 39.9. The third kappa shape index (κ3) is 8.71. The molecule has 0 radical (unpaired) electrons.